The molecule has 4 rings (SSSR count). The first-order chi connectivity index (χ1) is 12.3. The Kier molecular flexibility index (Phi) is 4.33. The molecule has 0 amide bonds. The quantitative estimate of drug-likeness (QED) is 0.503. The maximum Gasteiger partial charge on any atom is 0.258 e. The lowest BCUT2D eigenvalue weighted by molar-refractivity contribution is 0.687. The van der Waals surface area contributed by atoms with Crippen LogP contribution in [0.3, 0.4) is 0 Å². The van der Waals surface area contributed by atoms with Gasteiger partial charge in [0.05, 0.1) is 5.69 Å². The molecule has 9 heteroatoms. The van der Waals surface area contributed by atoms with Gasteiger partial charge in [0.1, 0.15) is 0 Å². The molecule has 0 fully saturated rings. The van der Waals surface area contributed by atoms with Crippen LogP contribution in [0.5, 0.6) is 0 Å². The molecule has 0 aliphatic rings. The minimum atomic E-state index is -0.0603. The molecule has 4 aromatic heterocycles. The smallest absolute Gasteiger partial charge is 0.258 e. The molecule has 0 aliphatic heterocycles. The number of fused-ring (bicyclic) bond motifs is 1. The van der Waals surface area contributed by atoms with E-state index in [0.717, 1.165) is 28.8 Å². The van der Waals surface area contributed by atoms with Gasteiger partial charge in [-0.15, -0.1) is 21.5 Å². The van der Waals surface area contributed by atoms with Gasteiger partial charge < -0.3 is 4.57 Å². The van der Waals surface area contributed by atoms with Crippen LogP contribution in [-0.4, -0.2) is 29.1 Å². The monoisotopic (exact) mass is 370 g/mol. The number of nitrogens with zero attached hydrogens (tertiary/aromatic N) is 6. The molecule has 4 heterocycles. The third-order valence-electron chi connectivity index (χ3n) is 3.66. The molecule has 0 radical (unpaired) electrons. The van der Waals surface area contributed by atoms with Crippen LogP contribution in [-0.2, 0) is 12.3 Å². The van der Waals surface area contributed by atoms with Crippen molar-refractivity contribution >= 4 is 28.1 Å². The van der Waals surface area contributed by atoms with Crippen LogP contribution in [0.2, 0.25) is 0 Å². The zero-order valence-electron chi connectivity index (χ0n) is 13.4. The second-order valence-electron chi connectivity index (χ2n) is 5.22. The summed E-state index contributed by atoms with van der Waals surface area (Å²) in [6.07, 6.45) is 5.24. The summed E-state index contributed by atoms with van der Waals surface area (Å²) in [4.78, 5) is 21.4. The van der Waals surface area contributed by atoms with Gasteiger partial charge in [0.15, 0.2) is 15.9 Å². The van der Waals surface area contributed by atoms with Crippen molar-refractivity contribution in [2.75, 3.05) is 0 Å². The van der Waals surface area contributed by atoms with E-state index in [1.54, 1.807) is 29.1 Å². The fourth-order valence-electron chi connectivity index (χ4n) is 2.49. The van der Waals surface area contributed by atoms with Crippen LogP contribution in [0.25, 0.3) is 16.3 Å². The molecule has 0 aromatic carbocycles. The lowest BCUT2D eigenvalue weighted by Crippen LogP contribution is -2.12. The Morgan fingerprint density at radius 3 is 3.04 bits per heavy atom. The molecule has 4 aromatic rings. The Labute approximate surface area is 151 Å². The standard InChI is InChI=1S/C16H14N6OS2/c1-2-21-14(11-4-3-5-17-9-11)19-20-16(21)25-10-12-8-13(23)22-6-7-24-15(22)18-12/h3-9H,2,10H2,1H3. The van der Waals surface area contributed by atoms with Gasteiger partial charge in [0.25, 0.3) is 5.56 Å². The largest absolute Gasteiger partial charge is 0.302 e. The fraction of sp³-hybridized carbons (Fsp3) is 0.188. The van der Waals surface area contributed by atoms with Gasteiger partial charge in [0.2, 0.25) is 0 Å². The Balaban J connectivity index is 1.60. The number of thioether (sulfide) groups is 1. The predicted octanol–water partition coefficient (Wildman–Crippen LogP) is 2.72. The minimum absolute atomic E-state index is 0.0603. The normalized spacial score (nSPS) is 11.2. The number of rotatable bonds is 5. The van der Waals surface area contributed by atoms with Gasteiger partial charge in [0, 0.05) is 47.9 Å². The lowest BCUT2D eigenvalue weighted by atomic mass is 10.3. The summed E-state index contributed by atoms with van der Waals surface area (Å²) in [5.41, 5.74) is 1.61. The van der Waals surface area contributed by atoms with Crippen LogP contribution in [0.4, 0.5) is 0 Å². The van der Waals surface area contributed by atoms with Gasteiger partial charge >= 0.3 is 0 Å². The maximum absolute atomic E-state index is 12.1. The van der Waals surface area contributed by atoms with E-state index in [0.29, 0.717) is 10.7 Å². The highest BCUT2D eigenvalue weighted by Gasteiger charge is 2.14. The summed E-state index contributed by atoms with van der Waals surface area (Å²) in [6.45, 7) is 2.80. The predicted molar refractivity (Wildman–Crippen MR) is 97.8 cm³/mol. The maximum atomic E-state index is 12.1. The van der Waals surface area contributed by atoms with E-state index in [4.69, 9.17) is 0 Å². The third-order valence-corrected chi connectivity index (χ3v) is 5.42. The highest BCUT2D eigenvalue weighted by Crippen LogP contribution is 2.25. The summed E-state index contributed by atoms with van der Waals surface area (Å²) < 4.78 is 3.59. The van der Waals surface area contributed by atoms with E-state index >= 15 is 0 Å². The van der Waals surface area contributed by atoms with E-state index in [-0.39, 0.29) is 5.56 Å². The van der Waals surface area contributed by atoms with Crippen LogP contribution in [0.15, 0.2) is 52.1 Å². The minimum Gasteiger partial charge on any atom is -0.302 e. The summed E-state index contributed by atoms with van der Waals surface area (Å²) >= 11 is 2.97. The average Bonchev–Trinajstić information content (AvgIpc) is 3.27. The van der Waals surface area contributed by atoms with Crippen LogP contribution in [0.1, 0.15) is 12.6 Å². The van der Waals surface area contributed by atoms with Crippen molar-refractivity contribution in [2.24, 2.45) is 0 Å². The van der Waals surface area contributed by atoms with E-state index in [2.05, 4.69) is 27.1 Å². The first kappa shape index (κ1) is 16.0. The van der Waals surface area contributed by atoms with Crippen molar-refractivity contribution in [1.29, 1.82) is 0 Å². The van der Waals surface area contributed by atoms with Gasteiger partial charge in [-0.05, 0) is 19.1 Å². The molecule has 25 heavy (non-hydrogen) atoms. The number of pyridine rings is 1. The Morgan fingerprint density at radius 1 is 1.32 bits per heavy atom. The van der Waals surface area contributed by atoms with Crippen LogP contribution in [0, 0.1) is 0 Å². The zero-order chi connectivity index (χ0) is 17.2. The van der Waals surface area contributed by atoms with Gasteiger partial charge in [-0.25, -0.2) is 4.98 Å². The van der Waals surface area contributed by atoms with Crippen molar-refractivity contribution in [3.63, 3.8) is 0 Å². The van der Waals surface area contributed by atoms with Crippen molar-refractivity contribution in [1.82, 2.24) is 29.1 Å². The molecule has 0 atom stereocenters. The highest BCUT2D eigenvalue weighted by molar-refractivity contribution is 7.98. The van der Waals surface area contributed by atoms with Crippen LogP contribution >= 0.6 is 23.1 Å². The average molecular weight is 370 g/mol. The summed E-state index contributed by atoms with van der Waals surface area (Å²) in [7, 11) is 0. The molecule has 0 bridgehead atoms. The van der Waals surface area contributed by atoms with Gasteiger partial charge in [-0.3, -0.25) is 14.2 Å². The van der Waals surface area contributed by atoms with E-state index in [1.807, 2.05) is 22.1 Å². The van der Waals surface area contributed by atoms with Gasteiger partial charge in [-0.2, -0.15) is 0 Å². The van der Waals surface area contributed by atoms with Crippen molar-refractivity contribution < 1.29 is 0 Å². The fourth-order valence-corrected chi connectivity index (χ4v) is 4.12. The molecule has 0 aliphatic carbocycles. The Hall–Kier alpha value is -2.52. The SMILES string of the molecule is CCn1c(SCc2cc(=O)n3ccsc3n2)nnc1-c1cccnc1. The highest BCUT2D eigenvalue weighted by atomic mass is 32.2. The molecule has 126 valence electrons. The number of aromatic nitrogens is 6. The van der Waals surface area contributed by atoms with Gasteiger partial charge in [-0.1, -0.05) is 11.8 Å². The Bertz CT molecular complexity index is 1070. The van der Waals surface area contributed by atoms with Crippen molar-refractivity contribution in [3.8, 4) is 11.4 Å². The molecule has 0 N–H and O–H groups in total. The zero-order valence-corrected chi connectivity index (χ0v) is 15.0. The second kappa shape index (κ2) is 6.77. The molecule has 0 saturated heterocycles. The number of hydrogen-bond donors (Lipinski definition) is 0. The number of hydrogen-bond acceptors (Lipinski definition) is 7. The lowest BCUT2D eigenvalue weighted by Gasteiger charge is -2.07. The molecular weight excluding hydrogens is 356 g/mol. The third kappa shape index (κ3) is 3.08. The first-order valence-electron chi connectivity index (χ1n) is 7.68. The topological polar surface area (TPSA) is 78.0 Å². The molecule has 0 unspecified atom stereocenters. The first-order valence-corrected chi connectivity index (χ1v) is 9.55. The summed E-state index contributed by atoms with van der Waals surface area (Å²) in [6, 6.07) is 5.41. The van der Waals surface area contributed by atoms with Crippen molar-refractivity contribution in [2.45, 2.75) is 24.4 Å². The molecule has 7 nitrogen and oxygen atoms in total. The summed E-state index contributed by atoms with van der Waals surface area (Å²) in [5, 5.41) is 11.2. The van der Waals surface area contributed by atoms with Crippen LogP contribution < -0.4 is 5.56 Å². The number of thiazole rings is 1. The molecular formula is C16H14N6OS2. The molecule has 0 saturated carbocycles. The second-order valence-corrected chi connectivity index (χ2v) is 7.04. The van der Waals surface area contributed by atoms with E-state index < -0.39 is 0 Å². The molecule has 0 spiro atoms. The summed E-state index contributed by atoms with van der Waals surface area (Å²) in [5.74, 6) is 1.36. The Morgan fingerprint density at radius 2 is 2.24 bits per heavy atom. The van der Waals surface area contributed by atoms with Crippen molar-refractivity contribution in [3.05, 3.63) is 58.2 Å². The van der Waals surface area contributed by atoms with E-state index in [9.17, 15) is 4.79 Å². The van der Waals surface area contributed by atoms with E-state index in [1.165, 1.54) is 23.1 Å².